The molecule has 0 aliphatic carbocycles. The van der Waals surface area contributed by atoms with Crippen molar-refractivity contribution in [1.82, 2.24) is 24.9 Å². The summed E-state index contributed by atoms with van der Waals surface area (Å²) < 4.78 is 1.97. The highest BCUT2D eigenvalue weighted by molar-refractivity contribution is 5.77. The van der Waals surface area contributed by atoms with E-state index in [0.717, 1.165) is 45.4 Å². The summed E-state index contributed by atoms with van der Waals surface area (Å²) in [7, 11) is 3.63. The molecule has 6 nitrogen and oxygen atoms in total. The van der Waals surface area contributed by atoms with Crippen molar-refractivity contribution < 1.29 is 4.79 Å². The molecule has 1 aromatic rings. The molecular formula is C15H27N5O. The Bertz CT molecular complexity index is 410. The standard InChI is InChI=1S/C15H27N5O/c1-18(2)15(21)13-19-11-5-14(6-12-19)16-7-3-9-20-10-4-8-17-20/h4,8,10,14,16H,3,5-7,9,11-13H2,1-2H3. The Labute approximate surface area is 127 Å². The summed E-state index contributed by atoms with van der Waals surface area (Å²) in [5.41, 5.74) is 0. The molecule has 1 aromatic heterocycles. The molecule has 0 unspecified atom stereocenters. The minimum Gasteiger partial charge on any atom is -0.348 e. The number of nitrogens with one attached hydrogen (secondary N) is 1. The van der Waals surface area contributed by atoms with Crippen LogP contribution in [-0.4, -0.2) is 71.8 Å². The van der Waals surface area contributed by atoms with Gasteiger partial charge in [-0.05, 0) is 31.9 Å². The maximum absolute atomic E-state index is 11.7. The van der Waals surface area contributed by atoms with E-state index in [4.69, 9.17) is 0 Å². The second kappa shape index (κ2) is 8.14. The first-order valence-electron chi connectivity index (χ1n) is 7.78. The first kappa shape index (κ1) is 16.0. The van der Waals surface area contributed by atoms with Gasteiger partial charge in [0.2, 0.25) is 5.91 Å². The third-order valence-electron chi connectivity index (χ3n) is 4.00. The molecule has 2 heterocycles. The molecule has 1 fully saturated rings. The van der Waals surface area contributed by atoms with Crippen LogP contribution in [0.3, 0.4) is 0 Å². The topological polar surface area (TPSA) is 53.4 Å². The number of rotatable bonds is 7. The number of likely N-dealkylation sites (tertiary alicyclic amines) is 1. The number of nitrogens with zero attached hydrogens (tertiary/aromatic N) is 4. The van der Waals surface area contributed by atoms with E-state index in [9.17, 15) is 4.79 Å². The molecule has 0 aromatic carbocycles. The Morgan fingerprint density at radius 1 is 1.38 bits per heavy atom. The molecule has 2 rings (SSSR count). The Hall–Kier alpha value is -1.40. The van der Waals surface area contributed by atoms with Gasteiger partial charge in [-0.3, -0.25) is 14.4 Å². The van der Waals surface area contributed by atoms with Crippen molar-refractivity contribution in [3.8, 4) is 0 Å². The van der Waals surface area contributed by atoms with Crippen molar-refractivity contribution in [2.75, 3.05) is 40.3 Å². The Balaban J connectivity index is 1.55. The molecule has 1 aliphatic rings. The largest absolute Gasteiger partial charge is 0.348 e. The lowest BCUT2D eigenvalue weighted by Gasteiger charge is -2.32. The number of carbonyl (C=O) groups is 1. The van der Waals surface area contributed by atoms with Crippen molar-refractivity contribution in [3.05, 3.63) is 18.5 Å². The van der Waals surface area contributed by atoms with E-state index in [1.807, 2.05) is 37.2 Å². The molecular weight excluding hydrogens is 266 g/mol. The van der Waals surface area contributed by atoms with Gasteiger partial charge in [-0.15, -0.1) is 0 Å². The fraction of sp³-hybridized carbons (Fsp3) is 0.733. The number of carbonyl (C=O) groups excluding carboxylic acids is 1. The van der Waals surface area contributed by atoms with Gasteiger partial charge in [0.25, 0.3) is 0 Å². The molecule has 1 N–H and O–H groups in total. The van der Waals surface area contributed by atoms with Gasteiger partial charge in [-0.2, -0.15) is 5.10 Å². The number of amides is 1. The summed E-state index contributed by atoms with van der Waals surface area (Å²) in [6, 6.07) is 2.55. The van der Waals surface area contributed by atoms with Crippen LogP contribution < -0.4 is 5.32 Å². The van der Waals surface area contributed by atoms with Crippen LogP contribution in [0.25, 0.3) is 0 Å². The smallest absolute Gasteiger partial charge is 0.236 e. The summed E-state index contributed by atoms with van der Waals surface area (Å²) in [4.78, 5) is 15.6. The van der Waals surface area contributed by atoms with Gasteiger partial charge < -0.3 is 10.2 Å². The van der Waals surface area contributed by atoms with Crippen LogP contribution >= 0.6 is 0 Å². The van der Waals surface area contributed by atoms with Crippen molar-refractivity contribution in [1.29, 1.82) is 0 Å². The highest BCUT2D eigenvalue weighted by Gasteiger charge is 2.20. The number of piperidine rings is 1. The van der Waals surface area contributed by atoms with Gasteiger partial charge in [0.15, 0.2) is 0 Å². The second-order valence-corrected chi connectivity index (χ2v) is 5.92. The van der Waals surface area contributed by atoms with Crippen LogP contribution in [0.5, 0.6) is 0 Å². The second-order valence-electron chi connectivity index (χ2n) is 5.92. The average Bonchev–Trinajstić information content (AvgIpc) is 2.98. The molecule has 6 heteroatoms. The lowest BCUT2D eigenvalue weighted by Crippen LogP contribution is -2.46. The molecule has 118 valence electrons. The van der Waals surface area contributed by atoms with E-state index in [2.05, 4.69) is 15.3 Å². The zero-order valence-electron chi connectivity index (χ0n) is 13.2. The molecule has 0 saturated carbocycles. The summed E-state index contributed by atoms with van der Waals surface area (Å²) in [6.07, 6.45) is 7.17. The molecule has 0 spiro atoms. The SMILES string of the molecule is CN(C)C(=O)CN1CCC(NCCCn2cccn2)CC1. The third kappa shape index (κ3) is 5.47. The van der Waals surface area contributed by atoms with Crippen LogP contribution in [-0.2, 0) is 11.3 Å². The molecule has 21 heavy (non-hydrogen) atoms. The van der Waals surface area contributed by atoms with Crippen LogP contribution in [0.15, 0.2) is 18.5 Å². The summed E-state index contributed by atoms with van der Waals surface area (Å²) >= 11 is 0. The summed E-state index contributed by atoms with van der Waals surface area (Å²) in [6.45, 7) is 4.57. The maximum atomic E-state index is 11.7. The Morgan fingerprint density at radius 3 is 2.76 bits per heavy atom. The van der Waals surface area contributed by atoms with Crippen molar-refractivity contribution in [2.24, 2.45) is 0 Å². The number of likely N-dealkylation sites (N-methyl/N-ethyl adjacent to an activating group) is 1. The number of hydrogen-bond donors (Lipinski definition) is 1. The van der Waals surface area contributed by atoms with Gasteiger partial charge in [0.1, 0.15) is 0 Å². The first-order chi connectivity index (χ1) is 10.1. The maximum Gasteiger partial charge on any atom is 0.236 e. The van der Waals surface area contributed by atoms with Gasteiger partial charge >= 0.3 is 0 Å². The molecule has 1 amide bonds. The van der Waals surface area contributed by atoms with Crippen LogP contribution in [0, 0.1) is 0 Å². The van der Waals surface area contributed by atoms with E-state index in [1.165, 1.54) is 0 Å². The Kier molecular flexibility index (Phi) is 6.20. The van der Waals surface area contributed by atoms with Crippen LogP contribution in [0.1, 0.15) is 19.3 Å². The van der Waals surface area contributed by atoms with Gasteiger partial charge in [-0.1, -0.05) is 0 Å². The summed E-state index contributed by atoms with van der Waals surface area (Å²) in [5.74, 6) is 0.195. The zero-order chi connectivity index (χ0) is 15.1. The van der Waals surface area contributed by atoms with E-state index < -0.39 is 0 Å². The fourth-order valence-corrected chi connectivity index (χ4v) is 2.61. The Morgan fingerprint density at radius 2 is 2.14 bits per heavy atom. The molecule has 0 radical (unpaired) electrons. The lowest BCUT2D eigenvalue weighted by atomic mass is 10.0. The molecule has 0 bridgehead atoms. The average molecular weight is 293 g/mol. The number of hydrogen-bond acceptors (Lipinski definition) is 4. The molecule has 1 saturated heterocycles. The fourth-order valence-electron chi connectivity index (χ4n) is 2.61. The number of aryl methyl sites for hydroxylation is 1. The third-order valence-corrected chi connectivity index (χ3v) is 4.00. The highest BCUT2D eigenvalue weighted by Crippen LogP contribution is 2.10. The van der Waals surface area contributed by atoms with E-state index >= 15 is 0 Å². The van der Waals surface area contributed by atoms with E-state index in [-0.39, 0.29) is 5.91 Å². The van der Waals surface area contributed by atoms with Crippen LogP contribution in [0.4, 0.5) is 0 Å². The van der Waals surface area contributed by atoms with Gasteiger partial charge in [-0.25, -0.2) is 0 Å². The molecule has 1 aliphatic heterocycles. The van der Waals surface area contributed by atoms with Gasteiger partial charge in [0.05, 0.1) is 6.54 Å². The minimum absolute atomic E-state index is 0.195. The normalized spacial score (nSPS) is 17.0. The first-order valence-corrected chi connectivity index (χ1v) is 7.78. The predicted molar refractivity (Wildman–Crippen MR) is 83.0 cm³/mol. The van der Waals surface area contributed by atoms with E-state index in [0.29, 0.717) is 12.6 Å². The zero-order valence-corrected chi connectivity index (χ0v) is 13.2. The van der Waals surface area contributed by atoms with Crippen molar-refractivity contribution in [3.63, 3.8) is 0 Å². The monoisotopic (exact) mass is 293 g/mol. The van der Waals surface area contributed by atoms with Gasteiger partial charge in [0, 0.05) is 52.2 Å². The van der Waals surface area contributed by atoms with Crippen molar-refractivity contribution >= 4 is 5.91 Å². The quantitative estimate of drug-likeness (QED) is 0.740. The minimum atomic E-state index is 0.195. The lowest BCUT2D eigenvalue weighted by molar-refractivity contribution is -0.130. The van der Waals surface area contributed by atoms with Crippen LogP contribution in [0.2, 0.25) is 0 Å². The molecule has 0 atom stereocenters. The number of aromatic nitrogens is 2. The summed E-state index contributed by atoms with van der Waals surface area (Å²) in [5, 5.41) is 7.82. The predicted octanol–water partition coefficient (Wildman–Crippen LogP) is 0.415. The van der Waals surface area contributed by atoms with E-state index in [1.54, 1.807) is 4.90 Å². The highest BCUT2D eigenvalue weighted by atomic mass is 16.2. The van der Waals surface area contributed by atoms with Crippen molar-refractivity contribution in [2.45, 2.75) is 31.8 Å².